The lowest BCUT2D eigenvalue weighted by Gasteiger charge is -2.37. The minimum absolute atomic E-state index is 0.313. The minimum atomic E-state index is -0.885. The van der Waals surface area contributed by atoms with Gasteiger partial charge < -0.3 is 25.0 Å². The molecule has 0 spiro atoms. The quantitative estimate of drug-likeness (QED) is 0.750. The zero-order chi connectivity index (χ0) is 23.6. The van der Waals surface area contributed by atoms with Gasteiger partial charge in [-0.3, -0.25) is 9.79 Å². The molecule has 1 fully saturated rings. The first-order valence-corrected chi connectivity index (χ1v) is 11.2. The number of fused-ring (bicyclic) bond motifs is 1. The Bertz CT molecular complexity index is 1050. The molecule has 2 heterocycles. The van der Waals surface area contributed by atoms with E-state index in [4.69, 9.17) is 4.74 Å². The van der Waals surface area contributed by atoms with Crippen molar-refractivity contribution >= 4 is 29.1 Å². The Morgan fingerprint density at radius 1 is 1.09 bits per heavy atom. The van der Waals surface area contributed by atoms with Gasteiger partial charge in [0.15, 0.2) is 6.04 Å². The zero-order valence-corrected chi connectivity index (χ0v) is 19.2. The molecule has 174 valence electrons. The molecule has 0 bridgehead atoms. The maximum atomic E-state index is 12.8. The number of benzodiazepines with no additional fused rings is 1. The Kier molecular flexibility index (Phi) is 6.37. The first kappa shape index (κ1) is 22.8. The third-order valence-corrected chi connectivity index (χ3v) is 5.63. The Labute approximate surface area is 193 Å². The molecule has 1 atom stereocenters. The lowest BCUT2D eigenvalue weighted by Crippen LogP contribution is -2.50. The van der Waals surface area contributed by atoms with Gasteiger partial charge in [0, 0.05) is 37.3 Å². The monoisotopic (exact) mass is 450 g/mol. The van der Waals surface area contributed by atoms with Gasteiger partial charge in [-0.15, -0.1) is 0 Å². The summed E-state index contributed by atoms with van der Waals surface area (Å²) < 4.78 is 5.50. The molecular formula is C25H30N4O4. The predicted molar refractivity (Wildman–Crippen MR) is 128 cm³/mol. The lowest BCUT2D eigenvalue weighted by atomic mass is 9.99. The summed E-state index contributed by atoms with van der Waals surface area (Å²) in [5.74, 6) is -0.343. The van der Waals surface area contributed by atoms with Crippen molar-refractivity contribution in [2.45, 2.75) is 32.4 Å². The molecule has 2 aliphatic heterocycles. The van der Waals surface area contributed by atoms with E-state index in [1.54, 1.807) is 4.90 Å². The fourth-order valence-corrected chi connectivity index (χ4v) is 4.03. The number of anilines is 2. The summed E-state index contributed by atoms with van der Waals surface area (Å²) in [6, 6.07) is 14.6. The van der Waals surface area contributed by atoms with Gasteiger partial charge in [0.05, 0.1) is 23.7 Å². The fourth-order valence-electron chi connectivity index (χ4n) is 4.03. The highest BCUT2D eigenvalue weighted by atomic mass is 16.6. The summed E-state index contributed by atoms with van der Waals surface area (Å²) in [4.78, 5) is 33.7. The predicted octanol–water partition coefficient (Wildman–Crippen LogP) is 2.89. The molecule has 0 aliphatic carbocycles. The van der Waals surface area contributed by atoms with E-state index in [-0.39, 0.29) is 18.6 Å². The SMILES string of the molecule is CC(C)(C)OC(=O)N1CCN(c2cccc3c2NC(=O)[C@H](CO)N=C3c2ccccc2)CC1. The first-order valence-electron chi connectivity index (χ1n) is 11.2. The van der Waals surface area contributed by atoms with Gasteiger partial charge in [-0.05, 0) is 26.8 Å². The Morgan fingerprint density at radius 2 is 1.79 bits per heavy atom. The summed E-state index contributed by atoms with van der Waals surface area (Å²) in [6.45, 7) is 7.44. The number of hydrogen-bond acceptors (Lipinski definition) is 6. The van der Waals surface area contributed by atoms with Crippen molar-refractivity contribution in [1.29, 1.82) is 0 Å². The van der Waals surface area contributed by atoms with E-state index < -0.39 is 11.6 Å². The van der Waals surface area contributed by atoms with Crippen molar-refractivity contribution in [2.24, 2.45) is 4.99 Å². The molecule has 1 saturated heterocycles. The molecule has 0 aromatic heterocycles. The van der Waals surface area contributed by atoms with Crippen molar-refractivity contribution in [2.75, 3.05) is 43.0 Å². The largest absolute Gasteiger partial charge is 0.444 e. The molecule has 2 aliphatic rings. The van der Waals surface area contributed by atoms with Crippen LogP contribution < -0.4 is 10.2 Å². The third-order valence-electron chi connectivity index (χ3n) is 5.63. The van der Waals surface area contributed by atoms with Crippen molar-refractivity contribution < 1.29 is 19.4 Å². The standard InChI is InChI=1S/C25H30N4O4/c1-25(2,3)33-24(32)29-14-12-28(13-15-29)20-11-7-10-18-21(17-8-5-4-6-9-17)26-19(16-30)23(31)27-22(18)20/h4-11,19,30H,12-16H2,1-3H3,(H,27,31)/t19-/m0/s1. The Morgan fingerprint density at radius 3 is 2.42 bits per heavy atom. The van der Waals surface area contributed by atoms with Crippen LogP contribution in [0.5, 0.6) is 0 Å². The van der Waals surface area contributed by atoms with Crippen LogP contribution in [0, 0.1) is 0 Å². The molecule has 2 N–H and O–H groups in total. The number of carbonyl (C=O) groups excluding carboxylic acids is 2. The zero-order valence-electron chi connectivity index (χ0n) is 19.2. The number of nitrogens with zero attached hydrogens (tertiary/aromatic N) is 3. The molecule has 8 nitrogen and oxygen atoms in total. The average molecular weight is 451 g/mol. The number of rotatable bonds is 3. The molecule has 33 heavy (non-hydrogen) atoms. The number of aliphatic hydroxyl groups is 1. The number of aliphatic hydroxyl groups excluding tert-OH is 1. The van der Waals surface area contributed by atoms with Crippen LogP contribution in [0.3, 0.4) is 0 Å². The van der Waals surface area contributed by atoms with Gasteiger partial charge in [-0.1, -0.05) is 42.5 Å². The average Bonchev–Trinajstić information content (AvgIpc) is 2.94. The number of benzene rings is 2. The van der Waals surface area contributed by atoms with Crippen LogP contribution in [0.4, 0.5) is 16.2 Å². The summed E-state index contributed by atoms with van der Waals surface area (Å²) in [5.41, 5.74) is 3.35. The second kappa shape index (κ2) is 9.23. The summed E-state index contributed by atoms with van der Waals surface area (Å²) >= 11 is 0. The molecule has 0 saturated carbocycles. The fraction of sp³-hybridized carbons (Fsp3) is 0.400. The van der Waals surface area contributed by atoms with E-state index in [1.165, 1.54) is 0 Å². The Hall–Kier alpha value is -3.39. The van der Waals surface area contributed by atoms with Crippen LogP contribution in [0.1, 0.15) is 31.9 Å². The number of para-hydroxylation sites is 1. The van der Waals surface area contributed by atoms with Gasteiger partial charge >= 0.3 is 6.09 Å². The highest BCUT2D eigenvalue weighted by Crippen LogP contribution is 2.34. The molecule has 4 rings (SSSR count). The maximum Gasteiger partial charge on any atom is 0.410 e. The Balaban J connectivity index is 1.63. The van der Waals surface area contributed by atoms with E-state index in [0.717, 1.165) is 16.8 Å². The lowest BCUT2D eigenvalue weighted by molar-refractivity contribution is -0.118. The van der Waals surface area contributed by atoms with Gasteiger partial charge in [-0.2, -0.15) is 0 Å². The van der Waals surface area contributed by atoms with Crippen molar-refractivity contribution in [3.63, 3.8) is 0 Å². The number of nitrogens with one attached hydrogen (secondary N) is 1. The number of aliphatic imine (C=N–C) groups is 1. The van der Waals surface area contributed by atoms with Crippen LogP contribution in [-0.4, -0.2) is 72.1 Å². The normalized spacial score (nSPS) is 18.7. The molecule has 0 unspecified atom stereocenters. The van der Waals surface area contributed by atoms with Gasteiger partial charge in [0.25, 0.3) is 5.91 Å². The van der Waals surface area contributed by atoms with Crippen molar-refractivity contribution in [3.8, 4) is 0 Å². The summed E-state index contributed by atoms with van der Waals surface area (Å²) in [7, 11) is 0. The molecule has 2 aromatic rings. The van der Waals surface area contributed by atoms with E-state index in [1.807, 2.05) is 69.3 Å². The maximum absolute atomic E-state index is 12.8. The van der Waals surface area contributed by atoms with Crippen LogP contribution in [0.2, 0.25) is 0 Å². The van der Waals surface area contributed by atoms with E-state index in [0.29, 0.717) is 37.6 Å². The molecule has 8 heteroatoms. The number of ether oxygens (including phenoxy) is 1. The number of amides is 2. The number of piperazine rings is 1. The molecule has 0 radical (unpaired) electrons. The molecule has 2 amide bonds. The van der Waals surface area contributed by atoms with Crippen molar-refractivity contribution in [1.82, 2.24) is 4.90 Å². The van der Waals surface area contributed by atoms with Crippen molar-refractivity contribution in [3.05, 3.63) is 59.7 Å². The van der Waals surface area contributed by atoms with E-state index >= 15 is 0 Å². The number of hydrogen-bond donors (Lipinski definition) is 2. The van der Waals surface area contributed by atoms with Gasteiger partial charge in [0.1, 0.15) is 5.60 Å². The highest BCUT2D eigenvalue weighted by Gasteiger charge is 2.30. The summed E-state index contributed by atoms with van der Waals surface area (Å²) in [5, 5.41) is 12.8. The summed E-state index contributed by atoms with van der Waals surface area (Å²) in [6.07, 6.45) is -0.313. The molecule has 2 aromatic carbocycles. The molecular weight excluding hydrogens is 420 g/mol. The smallest absolute Gasteiger partial charge is 0.410 e. The first-order chi connectivity index (χ1) is 15.8. The number of carbonyl (C=O) groups is 2. The van der Waals surface area contributed by atoms with Crippen LogP contribution in [0.25, 0.3) is 0 Å². The topological polar surface area (TPSA) is 94.5 Å². The van der Waals surface area contributed by atoms with Crippen LogP contribution >= 0.6 is 0 Å². The second-order valence-corrected chi connectivity index (χ2v) is 9.19. The van der Waals surface area contributed by atoms with Crippen LogP contribution in [-0.2, 0) is 9.53 Å². The van der Waals surface area contributed by atoms with E-state index in [2.05, 4.69) is 15.2 Å². The van der Waals surface area contributed by atoms with E-state index in [9.17, 15) is 14.7 Å². The van der Waals surface area contributed by atoms with Crippen LogP contribution in [0.15, 0.2) is 53.5 Å². The van der Waals surface area contributed by atoms with Gasteiger partial charge in [0.2, 0.25) is 0 Å². The van der Waals surface area contributed by atoms with Gasteiger partial charge in [-0.25, -0.2) is 4.79 Å². The second-order valence-electron chi connectivity index (χ2n) is 9.19. The third kappa shape index (κ3) is 5.01. The minimum Gasteiger partial charge on any atom is -0.444 e. The highest BCUT2D eigenvalue weighted by molar-refractivity contribution is 6.21.